The molecule has 17 heavy (non-hydrogen) atoms. The summed E-state index contributed by atoms with van der Waals surface area (Å²) >= 11 is 0. The Hall–Kier alpha value is -2.22. The molecule has 8 nitrogen and oxygen atoms in total. The molecule has 8 heteroatoms. The van der Waals surface area contributed by atoms with E-state index in [1.165, 1.54) is 6.20 Å². The van der Waals surface area contributed by atoms with Gasteiger partial charge in [-0.2, -0.15) is 4.99 Å². The zero-order chi connectivity index (χ0) is 12.6. The van der Waals surface area contributed by atoms with E-state index in [9.17, 15) is 14.7 Å². The molecule has 2 aliphatic heterocycles. The van der Waals surface area contributed by atoms with Gasteiger partial charge in [-0.15, -0.1) is 0 Å². The molecule has 4 amide bonds. The zero-order valence-corrected chi connectivity index (χ0v) is 8.94. The highest BCUT2D eigenvalue weighted by Crippen LogP contribution is 2.12. The van der Waals surface area contributed by atoms with E-state index in [1.807, 2.05) is 0 Å². The van der Waals surface area contributed by atoms with Crippen molar-refractivity contribution in [2.24, 2.45) is 4.99 Å². The minimum atomic E-state index is -1.32. The molecule has 0 aromatic rings. The van der Waals surface area contributed by atoms with Gasteiger partial charge in [0.2, 0.25) is 0 Å². The van der Waals surface area contributed by atoms with Gasteiger partial charge in [0.15, 0.2) is 6.10 Å². The Kier molecular flexibility index (Phi) is 2.64. The molecular weight excluding hydrogens is 226 g/mol. The number of aliphatic hydroxyl groups is 1. The first-order valence-corrected chi connectivity index (χ1v) is 4.88. The predicted octanol–water partition coefficient (Wildman–Crippen LogP) is -0.926. The second kappa shape index (κ2) is 3.98. The molecule has 2 heterocycles. The van der Waals surface area contributed by atoms with Crippen LogP contribution in [0.1, 0.15) is 6.92 Å². The standard InChI is InChI=1S/C9H11N5O3/c1-3-2-11-8(16)12-4(3)5-6(15)7(10)14-9(17)13-5/h2,4,6,15H,1H3,(H2,10,14,17)(H2,11,12,16). The normalized spacial score (nSPS) is 28.7. The van der Waals surface area contributed by atoms with E-state index in [0.717, 1.165) is 0 Å². The lowest BCUT2D eigenvalue weighted by atomic mass is 9.97. The Bertz CT molecular complexity index is 467. The van der Waals surface area contributed by atoms with Crippen LogP contribution < -0.4 is 16.0 Å². The molecular formula is C9H11N5O3. The Morgan fingerprint density at radius 2 is 2.18 bits per heavy atom. The van der Waals surface area contributed by atoms with Gasteiger partial charge in [0.1, 0.15) is 5.84 Å². The fourth-order valence-corrected chi connectivity index (χ4v) is 1.62. The van der Waals surface area contributed by atoms with Gasteiger partial charge in [-0.25, -0.2) is 9.59 Å². The van der Waals surface area contributed by atoms with E-state index in [4.69, 9.17) is 5.41 Å². The SMILES string of the molecule is CC1=CNC(=O)NC1C1=NC(=O)NC(=N)C1O. The fraction of sp³-hybridized carbons (Fsp3) is 0.333. The lowest BCUT2D eigenvalue weighted by Crippen LogP contribution is -2.57. The van der Waals surface area contributed by atoms with Crippen molar-refractivity contribution < 1.29 is 14.7 Å². The van der Waals surface area contributed by atoms with Crippen LogP contribution in [0.15, 0.2) is 16.8 Å². The summed E-state index contributed by atoms with van der Waals surface area (Å²) in [5.41, 5.74) is 0.729. The van der Waals surface area contributed by atoms with Gasteiger partial charge in [-0.1, -0.05) is 0 Å². The third kappa shape index (κ3) is 2.02. The summed E-state index contributed by atoms with van der Waals surface area (Å²) in [6.07, 6.45) is 0.147. The fourth-order valence-electron chi connectivity index (χ4n) is 1.62. The van der Waals surface area contributed by atoms with Gasteiger partial charge >= 0.3 is 12.1 Å². The number of aliphatic hydroxyl groups excluding tert-OH is 1. The molecule has 5 N–H and O–H groups in total. The second-order valence-electron chi connectivity index (χ2n) is 3.72. The van der Waals surface area contributed by atoms with Crippen LogP contribution in [0.2, 0.25) is 0 Å². The smallest absolute Gasteiger partial charge is 0.346 e. The molecule has 0 aromatic carbocycles. The molecule has 0 spiro atoms. The minimum Gasteiger partial charge on any atom is -0.379 e. The first kappa shape index (κ1) is 11.3. The van der Waals surface area contributed by atoms with Crippen LogP contribution in [0.3, 0.4) is 0 Å². The number of amidine groups is 1. The molecule has 2 atom stereocenters. The maximum Gasteiger partial charge on any atom is 0.346 e. The summed E-state index contributed by atoms with van der Waals surface area (Å²) < 4.78 is 0. The molecule has 0 saturated heterocycles. The molecule has 0 aromatic heterocycles. The topological polar surface area (TPSA) is 127 Å². The predicted molar refractivity (Wildman–Crippen MR) is 58.9 cm³/mol. The summed E-state index contributed by atoms with van der Waals surface area (Å²) in [5, 5.41) is 24.2. The average molecular weight is 237 g/mol. The first-order valence-electron chi connectivity index (χ1n) is 4.88. The monoisotopic (exact) mass is 237 g/mol. The molecule has 90 valence electrons. The zero-order valence-electron chi connectivity index (χ0n) is 8.94. The van der Waals surface area contributed by atoms with E-state index >= 15 is 0 Å². The van der Waals surface area contributed by atoms with Crippen LogP contribution in [-0.4, -0.2) is 40.9 Å². The summed E-state index contributed by atoms with van der Waals surface area (Å²) in [6.45, 7) is 1.71. The molecule has 2 aliphatic rings. The highest BCUT2D eigenvalue weighted by atomic mass is 16.3. The number of rotatable bonds is 1. The van der Waals surface area contributed by atoms with Crippen LogP contribution in [0.25, 0.3) is 0 Å². The Morgan fingerprint density at radius 1 is 1.47 bits per heavy atom. The van der Waals surface area contributed by atoms with E-state index in [0.29, 0.717) is 5.57 Å². The summed E-state index contributed by atoms with van der Waals surface area (Å²) in [4.78, 5) is 26.0. The van der Waals surface area contributed by atoms with E-state index in [1.54, 1.807) is 6.92 Å². The molecule has 0 aliphatic carbocycles. The van der Waals surface area contributed by atoms with E-state index in [-0.39, 0.29) is 11.5 Å². The van der Waals surface area contributed by atoms with Crippen molar-refractivity contribution >= 4 is 23.6 Å². The van der Waals surface area contributed by atoms with E-state index < -0.39 is 24.2 Å². The molecule has 2 rings (SSSR count). The number of hydrogen-bond donors (Lipinski definition) is 5. The van der Waals surface area contributed by atoms with Gasteiger partial charge in [-0.05, 0) is 12.5 Å². The van der Waals surface area contributed by atoms with Gasteiger partial charge in [-0.3, -0.25) is 10.7 Å². The van der Waals surface area contributed by atoms with Crippen molar-refractivity contribution in [2.75, 3.05) is 0 Å². The van der Waals surface area contributed by atoms with Gasteiger partial charge in [0, 0.05) is 6.20 Å². The molecule has 0 fully saturated rings. The number of amides is 4. The number of carbonyl (C=O) groups is 2. The van der Waals surface area contributed by atoms with E-state index in [2.05, 4.69) is 20.9 Å². The van der Waals surface area contributed by atoms with Crippen molar-refractivity contribution in [2.45, 2.75) is 19.1 Å². The Labute approximate surface area is 96.3 Å². The lowest BCUT2D eigenvalue weighted by molar-refractivity contribution is 0.238. The largest absolute Gasteiger partial charge is 0.379 e. The Balaban J connectivity index is 2.35. The number of urea groups is 2. The molecule has 0 saturated carbocycles. The summed E-state index contributed by atoms with van der Waals surface area (Å²) in [7, 11) is 0. The number of nitrogens with one attached hydrogen (secondary N) is 4. The lowest BCUT2D eigenvalue weighted by Gasteiger charge is -2.29. The number of aliphatic imine (C=N–C) groups is 1. The number of carbonyl (C=O) groups excluding carboxylic acids is 2. The van der Waals surface area contributed by atoms with Crippen LogP contribution in [-0.2, 0) is 0 Å². The van der Waals surface area contributed by atoms with Crippen LogP contribution in [0, 0.1) is 5.41 Å². The quantitative estimate of drug-likeness (QED) is 0.404. The molecule has 0 radical (unpaired) electrons. The van der Waals surface area contributed by atoms with Crippen LogP contribution in [0.5, 0.6) is 0 Å². The van der Waals surface area contributed by atoms with Crippen LogP contribution in [0.4, 0.5) is 9.59 Å². The van der Waals surface area contributed by atoms with Crippen molar-refractivity contribution in [3.8, 4) is 0 Å². The number of nitrogens with zero attached hydrogens (tertiary/aromatic N) is 1. The second-order valence-corrected chi connectivity index (χ2v) is 3.72. The van der Waals surface area contributed by atoms with Gasteiger partial charge < -0.3 is 15.7 Å². The minimum absolute atomic E-state index is 0.0438. The summed E-state index contributed by atoms with van der Waals surface area (Å²) in [6, 6.07) is -1.85. The molecule has 2 unspecified atom stereocenters. The van der Waals surface area contributed by atoms with Crippen molar-refractivity contribution in [1.29, 1.82) is 5.41 Å². The maximum absolute atomic E-state index is 11.2. The van der Waals surface area contributed by atoms with Crippen molar-refractivity contribution in [3.05, 3.63) is 11.8 Å². The first-order chi connectivity index (χ1) is 7.99. The Morgan fingerprint density at radius 3 is 2.88 bits per heavy atom. The van der Waals surface area contributed by atoms with Crippen LogP contribution >= 0.6 is 0 Å². The number of hydrogen-bond acceptors (Lipinski definition) is 4. The van der Waals surface area contributed by atoms with Gasteiger partial charge in [0.05, 0.1) is 11.8 Å². The van der Waals surface area contributed by atoms with Gasteiger partial charge in [0.25, 0.3) is 0 Å². The average Bonchev–Trinajstić information content (AvgIpc) is 2.27. The maximum atomic E-state index is 11.2. The third-order valence-electron chi connectivity index (χ3n) is 2.48. The van der Waals surface area contributed by atoms with Crippen molar-refractivity contribution in [1.82, 2.24) is 16.0 Å². The van der Waals surface area contributed by atoms with Crippen molar-refractivity contribution in [3.63, 3.8) is 0 Å². The molecule has 0 bridgehead atoms. The third-order valence-corrected chi connectivity index (χ3v) is 2.48. The highest BCUT2D eigenvalue weighted by Gasteiger charge is 2.34. The summed E-state index contributed by atoms with van der Waals surface area (Å²) in [5.74, 6) is -0.347. The highest BCUT2D eigenvalue weighted by molar-refractivity contribution is 6.22.